The number of nitrogens with one attached hydrogen (secondary N) is 2. The van der Waals surface area contributed by atoms with Gasteiger partial charge in [0.05, 0.1) is 41.6 Å². The summed E-state index contributed by atoms with van der Waals surface area (Å²) in [4.78, 5) is 24.0. The molecular formula is C26H27F2N9O3. The third-order valence-corrected chi connectivity index (χ3v) is 6.53. The monoisotopic (exact) mass is 551 g/mol. The Morgan fingerprint density at radius 1 is 1.30 bits per heavy atom. The Labute approximate surface area is 227 Å². The summed E-state index contributed by atoms with van der Waals surface area (Å²) in [5, 5.41) is 20.0. The summed E-state index contributed by atoms with van der Waals surface area (Å²) in [6, 6.07) is 6.94. The molecule has 208 valence electrons. The highest BCUT2D eigenvalue weighted by atomic mass is 19.3. The lowest BCUT2D eigenvalue weighted by Crippen LogP contribution is -2.23. The summed E-state index contributed by atoms with van der Waals surface area (Å²) in [6.07, 6.45) is 0.418. The molecule has 0 unspecified atom stereocenters. The van der Waals surface area contributed by atoms with Crippen LogP contribution in [-0.2, 0) is 22.0 Å². The van der Waals surface area contributed by atoms with Crippen molar-refractivity contribution in [3.63, 3.8) is 0 Å². The van der Waals surface area contributed by atoms with Crippen LogP contribution < -0.4 is 15.4 Å². The largest absolute Gasteiger partial charge is 0.455 e. The first-order chi connectivity index (χ1) is 19.1. The fourth-order valence-electron chi connectivity index (χ4n) is 4.52. The summed E-state index contributed by atoms with van der Waals surface area (Å²) < 4.78 is 43.4. The molecule has 1 atom stereocenters. The minimum atomic E-state index is -2.91. The lowest BCUT2D eigenvalue weighted by atomic mass is 9.91. The molecule has 0 aliphatic carbocycles. The fourth-order valence-corrected chi connectivity index (χ4v) is 4.52. The predicted molar refractivity (Wildman–Crippen MR) is 141 cm³/mol. The van der Waals surface area contributed by atoms with Gasteiger partial charge in [0.15, 0.2) is 17.2 Å². The quantitative estimate of drug-likeness (QED) is 0.317. The molecule has 0 saturated carbocycles. The van der Waals surface area contributed by atoms with Gasteiger partial charge in [-0.1, -0.05) is 0 Å². The molecule has 12 nitrogen and oxygen atoms in total. The van der Waals surface area contributed by atoms with E-state index in [4.69, 9.17) is 9.47 Å². The Morgan fingerprint density at radius 2 is 2.10 bits per heavy atom. The number of aryl methyl sites for hydroxylation is 1. The van der Waals surface area contributed by atoms with Crippen LogP contribution in [0.5, 0.6) is 11.5 Å². The van der Waals surface area contributed by atoms with Gasteiger partial charge in [-0.2, -0.15) is 15.3 Å². The van der Waals surface area contributed by atoms with E-state index in [1.54, 1.807) is 31.6 Å². The number of carbonyl (C=O) groups is 1. The number of aromatic nitrogens is 6. The van der Waals surface area contributed by atoms with Crippen LogP contribution in [0.1, 0.15) is 50.9 Å². The maximum atomic E-state index is 14.4. The van der Waals surface area contributed by atoms with E-state index in [1.807, 2.05) is 0 Å². The highest BCUT2D eigenvalue weighted by Crippen LogP contribution is 2.38. The summed E-state index contributed by atoms with van der Waals surface area (Å²) in [6.45, 7) is 6.02. The summed E-state index contributed by atoms with van der Waals surface area (Å²) in [5.74, 6) is 0.540. The van der Waals surface area contributed by atoms with Gasteiger partial charge >= 0.3 is 0 Å². The molecule has 14 heteroatoms. The number of anilines is 3. The number of amides is 1. The first-order valence-corrected chi connectivity index (χ1v) is 12.5. The zero-order valence-electron chi connectivity index (χ0n) is 22.3. The molecule has 0 bridgehead atoms. The molecule has 1 aliphatic rings. The molecule has 40 heavy (non-hydrogen) atoms. The topological polar surface area (TPSA) is 145 Å². The Hall–Kier alpha value is -4.64. The zero-order valence-corrected chi connectivity index (χ0v) is 22.3. The zero-order chi connectivity index (χ0) is 28.6. The standard InChI is InChI=1S/C26H27F2N9O3/c1-14(38)32-19-9-16(5-7-30-19)40-17-11-31-24-22(21(17)23(27)28)36(4)25(34-24)33-20-10-18(26(2,3)13-29)37(35-20)15-6-8-39-12-15/h5,7,9-11,15,23H,6,8,12H2,1-4H3,(H,30,32,38)(H,31,33,34,35)/t15-/m1/s1. The van der Waals surface area contributed by atoms with Crippen LogP contribution in [0, 0.1) is 11.3 Å². The van der Waals surface area contributed by atoms with E-state index in [1.165, 1.54) is 36.0 Å². The van der Waals surface area contributed by atoms with Crippen LogP contribution >= 0.6 is 0 Å². The number of carbonyl (C=O) groups excluding carboxylic acids is 1. The van der Waals surface area contributed by atoms with Gasteiger partial charge in [0.1, 0.15) is 17.1 Å². The summed E-state index contributed by atoms with van der Waals surface area (Å²) in [7, 11) is 1.58. The van der Waals surface area contributed by atoms with E-state index in [0.717, 1.165) is 6.42 Å². The number of pyridine rings is 2. The van der Waals surface area contributed by atoms with E-state index < -0.39 is 17.4 Å². The van der Waals surface area contributed by atoms with Gasteiger partial charge in [0, 0.05) is 38.9 Å². The summed E-state index contributed by atoms with van der Waals surface area (Å²) in [5.41, 5.74) is -0.365. The number of hydrogen-bond acceptors (Lipinski definition) is 9. The van der Waals surface area contributed by atoms with Crippen LogP contribution in [0.4, 0.5) is 26.4 Å². The lowest BCUT2D eigenvalue weighted by molar-refractivity contribution is -0.114. The van der Waals surface area contributed by atoms with E-state index >= 15 is 0 Å². The van der Waals surface area contributed by atoms with Crippen molar-refractivity contribution in [3.8, 4) is 17.6 Å². The molecule has 5 rings (SSSR count). The van der Waals surface area contributed by atoms with Crippen molar-refractivity contribution in [2.24, 2.45) is 7.05 Å². The van der Waals surface area contributed by atoms with E-state index in [0.29, 0.717) is 24.7 Å². The highest BCUT2D eigenvalue weighted by molar-refractivity contribution is 5.87. The van der Waals surface area contributed by atoms with Gasteiger partial charge in [-0.05, 0) is 26.3 Å². The first kappa shape index (κ1) is 26.9. The van der Waals surface area contributed by atoms with E-state index in [-0.39, 0.29) is 46.4 Å². The molecule has 4 aromatic heterocycles. The number of halogens is 2. The van der Waals surface area contributed by atoms with Gasteiger partial charge in [-0.3, -0.25) is 9.48 Å². The van der Waals surface area contributed by atoms with Crippen LogP contribution in [0.3, 0.4) is 0 Å². The predicted octanol–water partition coefficient (Wildman–Crippen LogP) is 4.75. The Kier molecular flexibility index (Phi) is 7.07. The molecular weight excluding hydrogens is 524 g/mol. The number of nitriles is 1. The van der Waals surface area contributed by atoms with Gasteiger partial charge < -0.3 is 24.7 Å². The average molecular weight is 552 g/mol. The Balaban J connectivity index is 1.51. The minimum absolute atomic E-state index is 0.0234. The second-order valence-corrected chi connectivity index (χ2v) is 9.90. The third-order valence-electron chi connectivity index (χ3n) is 6.53. The van der Waals surface area contributed by atoms with Crippen molar-refractivity contribution in [1.29, 1.82) is 5.26 Å². The van der Waals surface area contributed by atoms with E-state index in [2.05, 4.69) is 36.8 Å². The molecule has 0 spiro atoms. The van der Waals surface area contributed by atoms with Crippen LogP contribution in [0.15, 0.2) is 30.6 Å². The second-order valence-electron chi connectivity index (χ2n) is 9.90. The van der Waals surface area contributed by atoms with Crippen molar-refractivity contribution in [3.05, 3.63) is 41.9 Å². The van der Waals surface area contributed by atoms with Crippen LogP contribution in [0.25, 0.3) is 11.2 Å². The molecule has 0 aromatic carbocycles. The van der Waals surface area contributed by atoms with Crippen LogP contribution in [-0.4, -0.2) is 48.4 Å². The molecule has 5 heterocycles. The molecule has 1 fully saturated rings. The van der Waals surface area contributed by atoms with Gasteiger partial charge in [0.2, 0.25) is 11.9 Å². The normalized spacial score (nSPS) is 15.4. The number of ether oxygens (including phenoxy) is 2. The Morgan fingerprint density at radius 3 is 2.77 bits per heavy atom. The molecule has 0 radical (unpaired) electrons. The molecule has 2 N–H and O–H groups in total. The molecule has 1 amide bonds. The molecule has 1 aliphatic heterocycles. The number of nitrogens with zero attached hydrogens (tertiary/aromatic N) is 7. The number of hydrogen-bond donors (Lipinski definition) is 2. The van der Waals surface area contributed by atoms with Crippen molar-refractivity contribution in [2.75, 3.05) is 23.8 Å². The number of imidazole rings is 1. The van der Waals surface area contributed by atoms with Gasteiger partial charge in [0.25, 0.3) is 6.43 Å². The van der Waals surface area contributed by atoms with Crippen molar-refractivity contribution in [1.82, 2.24) is 29.3 Å². The molecule has 1 saturated heterocycles. The minimum Gasteiger partial charge on any atom is -0.455 e. The first-order valence-electron chi connectivity index (χ1n) is 12.5. The van der Waals surface area contributed by atoms with Crippen molar-refractivity contribution in [2.45, 2.75) is 45.1 Å². The number of alkyl halides is 2. The summed E-state index contributed by atoms with van der Waals surface area (Å²) >= 11 is 0. The average Bonchev–Trinajstić information content (AvgIpc) is 3.64. The highest BCUT2D eigenvalue weighted by Gasteiger charge is 2.31. The number of rotatable bonds is 8. The maximum Gasteiger partial charge on any atom is 0.269 e. The maximum absolute atomic E-state index is 14.4. The number of fused-ring (bicyclic) bond motifs is 1. The molecule has 4 aromatic rings. The van der Waals surface area contributed by atoms with Crippen LogP contribution in [0.2, 0.25) is 0 Å². The lowest BCUT2D eigenvalue weighted by Gasteiger charge is -2.20. The fraction of sp³-hybridized carbons (Fsp3) is 0.385. The second kappa shape index (κ2) is 10.5. The van der Waals surface area contributed by atoms with Crippen molar-refractivity contribution >= 4 is 34.7 Å². The Bertz CT molecular complexity index is 1620. The van der Waals surface area contributed by atoms with Crippen molar-refractivity contribution < 1.29 is 23.0 Å². The SMILES string of the molecule is CC(=O)Nc1cc(Oc2cnc3nc(Nc4cc(C(C)(C)C#N)n([C@@H]5CCOC5)n4)n(C)c3c2C(F)F)ccn1. The smallest absolute Gasteiger partial charge is 0.269 e. The third kappa shape index (κ3) is 5.15. The van der Waals surface area contributed by atoms with E-state index in [9.17, 15) is 18.8 Å². The van der Waals surface area contributed by atoms with Gasteiger partial charge in [-0.25, -0.2) is 18.7 Å². The van der Waals surface area contributed by atoms with Gasteiger partial charge in [-0.15, -0.1) is 0 Å².